The molecule has 1 unspecified atom stereocenters. The van der Waals surface area contributed by atoms with E-state index in [2.05, 4.69) is 10.3 Å². The zero-order valence-corrected chi connectivity index (χ0v) is 9.59. The SMILES string of the molecule is COc1cc(-n2cc(C(C)N)nn2)ccc1F. The first-order chi connectivity index (χ1) is 8.11. The van der Waals surface area contributed by atoms with Crippen LogP contribution in [0.3, 0.4) is 0 Å². The molecule has 1 aromatic carbocycles. The van der Waals surface area contributed by atoms with E-state index in [1.54, 1.807) is 18.3 Å². The lowest BCUT2D eigenvalue weighted by Gasteiger charge is -2.04. The van der Waals surface area contributed by atoms with Crippen molar-refractivity contribution in [3.63, 3.8) is 0 Å². The lowest BCUT2D eigenvalue weighted by molar-refractivity contribution is 0.386. The summed E-state index contributed by atoms with van der Waals surface area (Å²) in [5.41, 5.74) is 7.03. The number of methoxy groups -OCH3 is 1. The second-order valence-corrected chi connectivity index (χ2v) is 3.70. The van der Waals surface area contributed by atoms with Gasteiger partial charge in [0.05, 0.1) is 24.7 Å². The summed E-state index contributed by atoms with van der Waals surface area (Å²) in [5, 5.41) is 7.84. The minimum atomic E-state index is -0.413. The van der Waals surface area contributed by atoms with E-state index in [4.69, 9.17) is 10.5 Å². The maximum absolute atomic E-state index is 13.2. The smallest absolute Gasteiger partial charge is 0.165 e. The van der Waals surface area contributed by atoms with Crippen molar-refractivity contribution in [2.24, 2.45) is 5.73 Å². The zero-order valence-electron chi connectivity index (χ0n) is 9.59. The average Bonchev–Trinajstić information content (AvgIpc) is 2.79. The Morgan fingerprint density at radius 1 is 1.47 bits per heavy atom. The summed E-state index contributed by atoms with van der Waals surface area (Å²) in [6.07, 6.45) is 1.71. The van der Waals surface area contributed by atoms with Crippen molar-refractivity contribution in [1.82, 2.24) is 15.0 Å². The molecule has 0 saturated heterocycles. The largest absolute Gasteiger partial charge is 0.494 e. The Morgan fingerprint density at radius 3 is 2.82 bits per heavy atom. The number of benzene rings is 1. The van der Waals surface area contributed by atoms with Crippen LogP contribution < -0.4 is 10.5 Å². The van der Waals surface area contributed by atoms with Gasteiger partial charge in [-0.15, -0.1) is 5.10 Å². The van der Waals surface area contributed by atoms with Crippen LogP contribution in [0.5, 0.6) is 5.75 Å². The van der Waals surface area contributed by atoms with E-state index in [9.17, 15) is 4.39 Å². The van der Waals surface area contributed by atoms with Crippen LogP contribution in [0.25, 0.3) is 5.69 Å². The summed E-state index contributed by atoms with van der Waals surface area (Å²) in [6.45, 7) is 1.82. The molecule has 0 saturated carbocycles. The van der Waals surface area contributed by atoms with Gasteiger partial charge in [-0.05, 0) is 19.1 Å². The number of hydrogen-bond acceptors (Lipinski definition) is 4. The van der Waals surface area contributed by atoms with Gasteiger partial charge in [0.15, 0.2) is 11.6 Å². The average molecular weight is 236 g/mol. The fraction of sp³-hybridized carbons (Fsp3) is 0.273. The van der Waals surface area contributed by atoms with E-state index < -0.39 is 5.82 Å². The van der Waals surface area contributed by atoms with E-state index >= 15 is 0 Å². The van der Waals surface area contributed by atoms with Gasteiger partial charge in [-0.25, -0.2) is 9.07 Å². The van der Waals surface area contributed by atoms with Gasteiger partial charge in [-0.1, -0.05) is 5.21 Å². The van der Waals surface area contributed by atoms with Crippen LogP contribution in [0.15, 0.2) is 24.4 Å². The number of hydrogen-bond donors (Lipinski definition) is 1. The van der Waals surface area contributed by atoms with Gasteiger partial charge in [0.25, 0.3) is 0 Å². The monoisotopic (exact) mass is 236 g/mol. The Labute approximate surface area is 98.0 Å². The quantitative estimate of drug-likeness (QED) is 0.875. The lowest BCUT2D eigenvalue weighted by Crippen LogP contribution is -2.04. The molecular weight excluding hydrogens is 223 g/mol. The molecule has 0 amide bonds. The summed E-state index contributed by atoms with van der Waals surface area (Å²) in [5.74, 6) is -0.246. The molecule has 5 nitrogen and oxygen atoms in total. The molecule has 2 rings (SSSR count). The van der Waals surface area contributed by atoms with Crippen molar-refractivity contribution >= 4 is 0 Å². The summed E-state index contributed by atoms with van der Waals surface area (Å²) in [6, 6.07) is 4.28. The predicted octanol–water partition coefficient (Wildman–Crippen LogP) is 1.43. The summed E-state index contributed by atoms with van der Waals surface area (Å²) < 4.78 is 19.7. The summed E-state index contributed by atoms with van der Waals surface area (Å²) >= 11 is 0. The molecule has 1 aromatic heterocycles. The molecule has 0 aliphatic rings. The maximum atomic E-state index is 13.2. The lowest BCUT2D eigenvalue weighted by atomic mass is 10.2. The van der Waals surface area contributed by atoms with Crippen LogP contribution in [0.1, 0.15) is 18.7 Å². The molecule has 6 heteroatoms. The molecule has 0 fully saturated rings. The van der Waals surface area contributed by atoms with Crippen LogP contribution >= 0.6 is 0 Å². The molecule has 2 N–H and O–H groups in total. The summed E-state index contributed by atoms with van der Waals surface area (Å²) in [4.78, 5) is 0. The topological polar surface area (TPSA) is 66.0 Å². The number of aromatic nitrogens is 3. The third-order valence-electron chi connectivity index (χ3n) is 2.38. The highest BCUT2D eigenvalue weighted by Gasteiger charge is 2.09. The Kier molecular flexibility index (Phi) is 3.06. The first-order valence-electron chi connectivity index (χ1n) is 5.13. The van der Waals surface area contributed by atoms with Gasteiger partial charge in [-0.3, -0.25) is 0 Å². The standard InChI is InChI=1S/C11H13FN4O/c1-7(13)10-6-16(15-14-10)8-3-4-9(12)11(5-8)17-2/h3-7H,13H2,1-2H3. The van der Waals surface area contributed by atoms with E-state index in [0.717, 1.165) is 0 Å². The van der Waals surface area contributed by atoms with Crippen LogP contribution in [0.4, 0.5) is 4.39 Å². The van der Waals surface area contributed by atoms with E-state index in [0.29, 0.717) is 11.4 Å². The second-order valence-electron chi connectivity index (χ2n) is 3.70. The molecule has 0 aliphatic carbocycles. The zero-order chi connectivity index (χ0) is 12.4. The minimum absolute atomic E-state index is 0.167. The predicted molar refractivity (Wildman–Crippen MR) is 60.5 cm³/mol. The van der Waals surface area contributed by atoms with E-state index in [1.165, 1.54) is 17.9 Å². The van der Waals surface area contributed by atoms with Crippen LogP contribution in [-0.2, 0) is 0 Å². The fourth-order valence-corrected chi connectivity index (χ4v) is 1.40. The third-order valence-corrected chi connectivity index (χ3v) is 2.38. The second kappa shape index (κ2) is 4.50. The third kappa shape index (κ3) is 2.26. The van der Waals surface area contributed by atoms with Crippen molar-refractivity contribution in [1.29, 1.82) is 0 Å². The maximum Gasteiger partial charge on any atom is 0.165 e. The number of halogens is 1. The first kappa shape index (κ1) is 11.5. The van der Waals surface area contributed by atoms with Gasteiger partial charge >= 0.3 is 0 Å². The minimum Gasteiger partial charge on any atom is -0.494 e. The summed E-state index contributed by atoms with van der Waals surface area (Å²) in [7, 11) is 1.41. The molecule has 90 valence electrons. The Bertz CT molecular complexity index is 524. The number of rotatable bonds is 3. The highest BCUT2D eigenvalue weighted by molar-refractivity contribution is 5.39. The highest BCUT2D eigenvalue weighted by Crippen LogP contribution is 2.20. The molecule has 0 radical (unpaired) electrons. The van der Waals surface area contributed by atoms with Gasteiger partial charge < -0.3 is 10.5 Å². The van der Waals surface area contributed by atoms with Crippen molar-refractivity contribution in [3.05, 3.63) is 35.9 Å². The molecule has 2 aromatic rings. The molecule has 0 spiro atoms. The molecule has 17 heavy (non-hydrogen) atoms. The molecule has 0 aliphatic heterocycles. The van der Waals surface area contributed by atoms with Crippen molar-refractivity contribution in [2.45, 2.75) is 13.0 Å². The molecular formula is C11H13FN4O. The molecule has 0 bridgehead atoms. The van der Waals surface area contributed by atoms with Crippen molar-refractivity contribution in [3.8, 4) is 11.4 Å². The fourth-order valence-electron chi connectivity index (χ4n) is 1.40. The van der Waals surface area contributed by atoms with E-state index in [-0.39, 0.29) is 11.8 Å². The Balaban J connectivity index is 2.38. The Morgan fingerprint density at radius 2 is 2.24 bits per heavy atom. The van der Waals surface area contributed by atoms with Gasteiger partial charge in [-0.2, -0.15) is 0 Å². The van der Waals surface area contributed by atoms with Gasteiger partial charge in [0.2, 0.25) is 0 Å². The van der Waals surface area contributed by atoms with Crippen LogP contribution in [0.2, 0.25) is 0 Å². The van der Waals surface area contributed by atoms with Crippen molar-refractivity contribution in [2.75, 3.05) is 7.11 Å². The Hall–Kier alpha value is -1.95. The number of nitrogens with zero attached hydrogens (tertiary/aromatic N) is 3. The van der Waals surface area contributed by atoms with E-state index in [1.807, 2.05) is 6.92 Å². The number of nitrogens with two attached hydrogens (primary N) is 1. The highest BCUT2D eigenvalue weighted by atomic mass is 19.1. The van der Waals surface area contributed by atoms with Gasteiger partial charge in [0, 0.05) is 12.1 Å². The first-order valence-corrected chi connectivity index (χ1v) is 5.13. The van der Waals surface area contributed by atoms with Gasteiger partial charge in [0.1, 0.15) is 0 Å². The van der Waals surface area contributed by atoms with Crippen LogP contribution in [-0.4, -0.2) is 22.1 Å². The van der Waals surface area contributed by atoms with Crippen LogP contribution in [0, 0.1) is 5.82 Å². The molecule has 1 heterocycles. The van der Waals surface area contributed by atoms with Crippen molar-refractivity contribution < 1.29 is 9.13 Å². The number of ether oxygens (including phenoxy) is 1. The normalized spacial score (nSPS) is 12.5. The molecule has 1 atom stereocenters.